The van der Waals surface area contributed by atoms with Gasteiger partial charge in [0.25, 0.3) is 0 Å². The molecule has 0 saturated carbocycles. The molecule has 0 saturated heterocycles. The van der Waals surface area contributed by atoms with Crippen LogP contribution in [0.25, 0.3) is 0 Å². The second-order valence-corrected chi connectivity index (χ2v) is 6.12. The Balaban J connectivity index is 2.13. The zero-order valence-electron chi connectivity index (χ0n) is 12.6. The Morgan fingerprint density at radius 3 is 2.71 bits per heavy atom. The molecule has 1 aliphatic rings. The van der Waals surface area contributed by atoms with E-state index in [4.69, 9.17) is 15.7 Å². The fourth-order valence-electron chi connectivity index (χ4n) is 2.25. The van der Waals surface area contributed by atoms with Gasteiger partial charge < -0.3 is 20.6 Å². The lowest BCUT2D eigenvalue weighted by atomic mass is 9.97. The highest BCUT2D eigenvalue weighted by atomic mass is 16.6. The number of carbonyl (C=O) groups excluding carboxylic acids is 1. The molecule has 0 aliphatic carbocycles. The van der Waals surface area contributed by atoms with Gasteiger partial charge in [0, 0.05) is 18.7 Å². The maximum absolute atomic E-state index is 12.1. The highest BCUT2D eigenvalue weighted by molar-refractivity contribution is 5.97. The number of carbonyl (C=O) groups is 1. The molecule has 3 N–H and O–H groups in total. The first-order chi connectivity index (χ1) is 9.80. The third-order valence-electron chi connectivity index (χ3n) is 3.27. The van der Waals surface area contributed by atoms with E-state index in [2.05, 4.69) is 5.16 Å². The number of amidine groups is 1. The number of amides is 1. The fraction of sp³-hybridized carbons (Fsp3) is 0.467. The van der Waals surface area contributed by atoms with Gasteiger partial charge in [-0.15, -0.1) is 0 Å². The minimum atomic E-state index is -0.493. The van der Waals surface area contributed by atoms with Crippen LogP contribution in [0, 0.1) is 0 Å². The van der Waals surface area contributed by atoms with Crippen molar-refractivity contribution in [2.24, 2.45) is 10.9 Å². The lowest BCUT2D eigenvalue weighted by molar-refractivity contribution is 0.0224. The summed E-state index contributed by atoms with van der Waals surface area (Å²) in [5.74, 6) is 0.0902. The van der Waals surface area contributed by atoms with Gasteiger partial charge in [-0.2, -0.15) is 0 Å². The summed E-state index contributed by atoms with van der Waals surface area (Å²) in [7, 11) is 0. The van der Waals surface area contributed by atoms with E-state index in [1.807, 2.05) is 32.9 Å². The predicted molar refractivity (Wildman–Crippen MR) is 79.3 cm³/mol. The van der Waals surface area contributed by atoms with Crippen molar-refractivity contribution < 1.29 is 14.7 Å². The van der Waals surface area contributed by atoms with Gasteiger partial charge in [-0.25, -0.2) is 4.79 Å². The van der Waals surface area contributed by atoms with Gasteiger partial charge in [-0.1, -0.05) is 17.3 Å². The Hall–Kier alpha value is -2.24. The van der Waals surface area contributed by atoms with E-state index in [-0.39, 0.29) is 11.9 Å². The molecule has 114 valence electrons. The molecule has 1 aromatic carbocycles. The summed E-state index contributed by atoms with van der Waals surface area (Å²) in [5.41, 5.74) is 7.94. The summed E-state index contributed by atoms with van der Waals surface area (Å²) in [6.07, 6.45) is 0.426. The Labute approximate surface area is 124 Å². The first kappa shape index (κ1) is 15.2. The predicted octanol–water partition coefficient (Wildman–Crippen LogP) is 2.07. The van der Waals surface area contributed by atoms with Crippen LogP contribution in [0.15, 0.2) is 23.4 Å². The highest BCUT2D eigenvalue weighted by Gasteiger charge is 2.25. The Bertz CT molecular complexity index is 576. The van der Waals surface area contributed by atoms with Crippen molar-refractivity contribution >= 4 is 11.9 Å². The summed E-state index contributed by atoms with van der Waals surface area (Å²) < 4.78 is 5.39. The maximum Gasteiger partial charge on any atom is 0.410 e. The summed E-state index contributed by atoms with van der Waals surface area (Å²) >= 11 is 0. The normalized spacial score (nSPS) is 15.6. The number of nitrogens with zero attached hydrogens (tertiary/aromatic N) is 2. The quantitative estimate of drug-likeness (QED) is 0.359. The van der Waals surface area contributed by atoms with Crippen LogP contribution in [0.3, 0.4) is 0 Å². The average Bonchev–Trinajstić information content (AvgIpc) is 2.43. The van der Waals surface area contributed by atoms with Crippen LogP contribution in [0.5, 0.6) is 0 Å². The number of ether oxygens (including phenoxy) is 1. The van der Waals surface area contributed by atoms with E-state index in [1.165, 1.54) is 0 Å². The van der Waals surface area contributed by atoms with E-state index in [0.717, 1.165) is 17.5 Å². The van der Waals surface area contributed by atoms with Crippen LogP contribution in [0.2, 0.25) is 0 Å². The average molecular weight is 291 g/mol. The molecule has 6 heteroatoms. The van der Waals surface area contributed by atoms with E-state index in [1.54, 1.807) is 11.0 Å². The molecule has 1 aliphatic heterocycles. The standard InChI is InChI=1S/C15H21N3O3/c1-15(2,3)21-14(19)18-7-6-10-8-11(13(16)17-20)4-5-12(10)9-18/h4-5,8,20H,6-7,9H2,1-3H3,(H2,16,17). The van der Waals surface area contributed by atoms with Gasteiger partial charge >= 0.3 is 6.09 Å². The van der Waals surface area contributed by atoms with E-state index in [0.29, 0.717) is 18.7 Å². The lowest BCUT2D eigenvalue weighted by Crippen LogP contribution is -2.40. The molecule has 0 unspecified atom stereocenters. The number of fused-ring (bicyclic) bond motifs is 1. The van der Waals surface area contributed by atoms with Crippen LogP contribution in [-0.4, -0.2) is 34.2 Å². The first-order valence-corrected chi connectivity index (χ1v) is 6.88. The number of hydrogen-bond donors (Lipinski definition) is 2. The summed E-state index contributed by atoms with van der Waals surface area (Å²) in [5, 5.41) is 11.7. The van der Waals surface area contributed by atoms with E-state index >= 15 is 0 Å². The minimum absolute atomic E-state index is 0.0902. The van der Waals surface area contributed by atoms with Crippen molar-refractivity contribution in [1.29, 1.82) is 0 Å². The van der Waals surface area contributed by atoms with Crippen molar-refractivity contribution in [3.05, 3.63) is 34.9 Å². The molecule has 0 fully saturated rings. The molecule has 1 heterocycles. The van der Waals surface area contributed by atoms with Gasteiger partial charge in [-0.3, -0.25) is 0 Å². The second kappa shape index (κ2) is 5.63. The van der Waals surface area contributed by atoms with Crippen LogP contribution < -0.4 is 5.73 Å². The Kier molecular flexibility index (Phi) is 4.06. The van der Waals surface area contributed by atoms with Crippen LogP contribution in [-0.2, 0) is 17.7 Å². The van der Waals surface area contributed by atoms with E-state index in [9.17, 15) is 4.79 Å². The topological polar surface area (TPSA) is 88.2 Å². The molecule has 1 amide bonds. The number of rotatable bonds is 1. The number of benzene rings is 1. The largest absolute Gasteiger partial charge is 0.444 e. The maximum atomic E-state index is 12.1. The smallest absolute Gasteiger partial charge is 0.410 e. The Morgan fingerprint density at radius 2 is 2.10 bits per heavy atom. The van der Waals surface area contributed by atoms with Crippen molar-refractivity contribution in [3.63, 3.8) is 0 Å². The summed E-state index contributed by atoms with van der Waals surface area (Å²) in [4.78, 5) is 13.8. The molecule has 0 bridgehead atoms. The van der Waals surface area contributed by atoms with Crippen molar-refractivity contribution in [2.75, 3.05) is 6.54 Å². The molecular weight excluding hydrogens is 270 g/mol. The van der Waals surface area contributed by atoms with Gasteiger partial charge in [0.2, 0.25) is 0 Å². The molecule has 21 heavy (non-hydrogen) atoms. The zero-order chi connectivity index (χ0) is 15.6. The summed E-state index contributed by atoms with van der Waals surface area (Å²) in [6.45, 7) is 6.67. The molecule has 2 rings (SSSR count). The van der Waals surface area contributed by atoms with Crippen LogP contribution in [0.1, 0.15) is 37.5 Å². The lowest BCUT2D eigenvalue weighted by Gasteiger charge is -2.31. The number of nitrogens with two attached hydrogens (primary N) is 1. The molecule has 0 radical (unpaired) electrons. The molecule has 0 spiro atoms. The third kappa shape index (κ3) is 3.65. The van der Waals surface area contributed by atoms with Gasteiger partial charge in [0.05, 0.1) is 0 Å². The molecular formula is C15H21N3O3. The van der Waals surface area contributed by atoms with Crippen molar-refractivity contribution in [2.45, 2.75) is 39.3 Å². The zero-order valence-corrected chi connectivity index (χ0v) is 12.6. The first-order valence-electron chi connectivity index (χ1n) is 6.88. The fourth-order valence-corrected chi connectivity index (χ4v) is 2.25. The number of hydrogen-bond acceptors (Lipinski definition) is 4. The second-order valence-electron chi connectivity index (χ2n) is 6.12. The van der Waals surface area contributed by atoms with Crippen molar-refractivity contribution in [3.8, 4) is 0 Å². The third-order valence-corrected chi connectivity index (χ3v) is 3.27. The highest BCUT2D eigenvalue weighted by Crippen LogP contribution is 2.22. The van der Waals surface area contributed by atoms with Crippen LogP contribution >= 0.6 is 0 Å². The van der Waals surface area contributed by atoms with Gasteiger partial charge in [0.15, 0.2) is 5.84 Å². The van der Waals surface area contributed by atoms with Gasteiger partial charge in [0.1, 0.15) is 5.60 Å². The summed E-state index contributed by atoms with van der Waals surface area (Å²) in [6, 6.07) is 5.59. The minimum Gasteiger partial charge on any atom is -0.444 e. The molecule has 0 aromatic heterocycles. The van der Waals surface area contributed by atoms with Crippen LogP contribution in [0.4, 0.5) is 4.79 Å². The SMILES string of the molecule is CC(C)(C)OC(=O)N1CCc2cc(C(N)=NO)ccc2C1. The molecule has 1 aromatic rings. The monoisotopic (exact) mass is 291 g/mol. The van der Waals surface area contributed by atoms with Gasteiger partial charge in [-0.05, 0) is 44.4 Å². The van der Waals surface area contributed by atoms with E-state index < -0.39 is 5.60 Å². The molecule has 0 atom stereocenters. The molecule has 6 nitrogen and oxygen atoms in total. The number of oxime groups is 1. The Morgan fingerprint density at radius 1 is 1.38 bits per heavy atom. The van der Waals surface area contributed by atoms with Crippen molar-refractivity contribution in [1.82, 2.24) is 4.90 Å².